The molecule has 0 saturated carbocycles. The molecule has 6 heteroatoms. The number of fused-ring (bicyclic) bond motifs is 2. The molecule has 0 atom stereocenters. The second-order valence-corrected chi connectivity index (χ2v) is 8.09. The first kappa shape index (κ1) is 19.2. The fraction of sp³-hybridized carbons (Fsp3) is 0.348. The van der Waals surface area contributed by atoms with Gasteiger partial charge in [-0.2, -0.15) is 0 Å². The number of hydrogen-bond donors (Lipinski definition) is 1. The molecule has 0 bridgehead atoms. The number of rotatable bonds is 5. The Labute approximate surface area is 169 Å². The van der Waals surface area contributed by atoms with Gasteiger partial charge >= 0.3 is 0 Å². The number of hydrogen-bond acceptors (Lipinski definition) is 4. The minimum atomic E-state index is -0.137. The van der Waals surface area contributed by atoms with E-state index >= 15 is 0 Å². The summed E-state index contributed by atoms with van der Waals surface area (Å²) in [6.45, 7) is 4.94. The molecule has 2 aromatic carbocycles. The van der Waals surface area contributed by atoms with Gasteiger partial charge in [0.05, 0.1) is 23.7 Å². The zero-order valence-electron chi connectivity index (χ0n) is 16.8. The molecular weight excluding hydrogens is 366 g/mol. The quantitative estimate of drug-likeness (QED) is 0.726. The average Bonchev–Trinajstić information content (AvgIpc) is 2.69. The monoisotopic (exact) mass is 391 g/mol. The maximum atomic E-state index is 12.5. The van der Waals surface area contributed by atoms with E-state index in [0.717, 1.165) is 29.7 Å². The molecule has 1 aromatic heterocycles. The van der Waals surface area contributed by atoms with Crippen molar-refractivity contribution in [2.24, 2.45) is 0 Å². The highest BCUT2D eigenvalue weighted by molar-refractivity contribution is 5.79. The van der Waals surface area contributed by atoms with Crippen LogP contribution in [0.4, 0.5) is 0 Å². The molecule has 0 saturated heterocycles. The van der Waals surface area contributed by atoms with E-state index in [-0.39, 0.29) is 17.1 Å². The number of carbonyl (C=O) groups is 1. The van der Waals surface area contributed by atoms with Gasteiger partial charge in [0.1, 0.15) is 11.4 Å². The van der Waals surface area contributed by atoms with Crippen LogP contribution in [0.2, 0.25) is 0 Å². The van der Waals surface area contributed by atoms with Gasteiger partial charge in [0.25, 0.3) is 5.56 Å². The predicted octanol–water partition coefficient (Wildman–Crippen LogP) is 2.86. The normalized spacial score (nSPS) is 14.8. The van der Waals surface area contributed by atoms with Crippen molar-refractivity contribution in [3.63, 3.8) is 0 Å². The van der Waals surface area contributed by atoms with Gasteiger partial charge in [0.2, 0.25) is 5.91 Å². The van der Waals surface area contributed by atoms with Crippen molar-refractivity contribution in [2.45, 2.75) is 45.3 Å². The third-order valence-electron chi connectivity index (χ3n) is 5.28. The van der Waals surface area contributed by atoms with Gasteiger partial charge < -0.3 is 10.1 Å². The number of ether oxygens (including phenoxy) is 1. The fourth-order valence-corrected chi connectivity index (χ4v) is 3.65. The molecule has 1 aliphatic heterocycles. The highest BCUT2D eigenvalue weighted by Crippen LogP contribution is 2.33. The maximum absolute atomic E-state index is 12.5. The highest BCUT2D eigenvalue weighted by Gasteiger charge is 2.26. The molecule has 6 nitrogen and oxygen atoms in total. The number of nitrogens with zero attached hydrogens (tertiary/aromatic N) is 2. The van der Waals surface area contributed by atoms with Crippen molar-refractivity contribution in [2.75, 3.05) is 6.54 Å². The maximum Gasteiger partial charge on any atom is 0.261 e. The first-order chi connectivity index (χ1) is 13.9. The number of nitrogens with one attached hydrogen (secondary N) is 1. The number of benzene rings is 2. The summed E-state index contributed by atoms with van der Waals surface area (Å²) in [6, 6.07) is 13.2. The Balaban J connectivity index is 1.34. The molecule has 3 aromatic rings. The lowest BCUT2D eigenvalue weighted by molar-refractivity contribution is -0.120. The number of para-hydroxylation sites is 1. The molecule has 1 amide bonds. The van der Waals surface area contributed by atoms with E-state index in [0.29, 0.717) is 30.4 Å². The number of amides is 1. The number of aryl methyl sites for hydroxylation is 1. The second kappa shape index (κ2) is 7.70. The summed E-state index contributed by atoms with van der Waals surface area (Å²) in [5, 5.41) is 3.47. The summed E-state index contributed by atoms with van der Waals surface area (Å²) in [5.41, 5.74) is 2.57. The molecule has 1 aliphatic rings. The molecule has 150 valence electrons. The Bertz CT molecular complexity index is 1120. The largest absolute Gasteiger partial charge is 0.488 e. The minimum absolute atomic E-state index is 0.0659. The van der Waals surface area contributed by atoms with Crippen LogP contribution in [0.25, 0.3) is 10.9 Å². The first-order valence-electron chi connectivity index (χ1n) is 9.93. The van der Waals surface area contributed by atoms with Crippen molar-refractivity contribution in [1.82, 2.24) is 14.9 Å². The SMILES string of the molecule is CC1(C)CCc2cc(CC(=O)NCCn3cnc4ccccc4c3=O)ccc2O1. The van der Waals surface area contributed by atoms with Crippen LogP contribution in [-0.4, -0.2) is 27.6 Å². The zero-order chi connectivity index (χ0) is 20.4. The van der Waals surface area contributed by atoms with Crippen LogP contribution >= 0.6 is 0 Å². The van der Waals surface area contributed by atoms with Crippen molar-refractivity contribution >= 4 is 16.8 Å². The summed E-state index contributed by atoms with van der Waals surface area (Å²) in [4.78, 5) is 29.1. The van der Waals surface area contributed by atoms with Crippen LogP contribution in [0.15, 0.2) is 53.6 Å². The van der Waals surface area contributed by atoms with Crippen LogP contribution < -0.4 is 15.6 Å². The Morgan fingerprint density at radius 2 is 2.07 bits per heavy atom. The van der Waals surface area contributed by atoms with E-state index in [4.69, 9.17) is 4.74 Å². The van der Waals surface area contributed by atoms with Gasteiger partial charge in [-0.1, -0.05) is 24.3 Å². The third-order valence-corrected chi connectivity index (χ3v) is 5.28. The molecule has 0 aliphatic carbocycles. The van der Waals surface area contributed by atoms with Crippen molar-refractivity contribution in [3.05, 3.63) is 70.3 Å². The molecule has 29 heavy (non-hydrogen) atoms. The number of carbonyl (C=O) groups excluding carboxylic acids is 1. The van der Waals surface area contributed by atoms with Gasteiger partial charge in [-0.05, 0) is 56.0 Å². The van der Waals surface area contributed by atoms with Crippen molar-refractivity contribution < 1.29 is 9.53 Å². The average molecular weight is 391 g/mol. The fourth-order valence-electron chi connectivity index (χ4n) is 3.65. The second-order valence-electron chi connectivity index (χ2n) is 8.09. The summed E-state index contributed by atoms with van der Waals surface area (Å²) >= 11 is 0. The van der Waals surface area contributed by atoms with Crippen LogP contribution in [0.3, 0.4) is 0 Å². The smallest absolute Gasteiger partial charge is 0.261 e. The molecule has 0 fully saturated rings. The molecule has 0 spiro atoms. The van der Waals surface area contributed by atoms with Gasteiger partial charge in [0.15, 0.2) is 0 Å². The predicted molar refractivity (Wildman–Crippen MR) is 112 cm³/mol. The number of aromatic nitrogens is 2. The molecule has 0 unspecified atom stereocenters. The van der Waals surface area contributed by atoms with Crippen LogP contribution in [0.5, 0.6) is 5.75 Å². The topological polar surface area (TPSA) is 73.2 Å². The lowest BCUT2D eigenvalue weighted by atomic mass is 9.93. The van der Waals surface area contributed by atoms with Gasteiger partial charge in [-0.15, -0.1) is 0 Å². The summed E-state index contributed by atoms with van der Waals surface area (Å²) in [5.74, 6) is 0.845. The van der Waals surface area contributed by atoms with Crippen molar-refractivity contribution in [1.29, 1.82) is 0 Å². The van der Waals surface area contributed by atoms with E-state index in [1.54, 1.807) is 6.07 Å². The lowest BCUT2D eigenvalue weighted by Gasteiger charge is -2.32. The van der Waals surface area contributed by atoms with Gasteiger partial charge in [-0.25, -0.2) is 4.98 Å². The zero-order valence-corrected chi connectivity index (χ0v) is 16.8. The minimum Gasteiger partial charge on any atom is -0.488 e. The standard InChI is InChI=1S/C23H25N3O3/c1-23(2)10-9-17-13-16(7-8-20(17)29-23)14-21(27)24-11-12-26-15-25-19-6-4-3-5-18(19)22(26)28/h3-8,13,15H,9-12,14H2,1-2H3,(H,24,27). The van der Waals surface area contributed by atoms with E-state index in [1.807, 2.05) is 30.3 Å². The van der Waals surface area contributed by atoms with E-state index in [9.17, 15) is 9.59 Å². The van der Waals surface area contributed by atoms with Gasteiger partial charge in [0, 0.05) is 13.1 Å². The lowest BCUT2D eigenvalue weighted by Crippen LogP contribution is -2.33. The highest BCUT2D eigenvalue weighted by atomic mass is 16.5. The third kappa shape index (κ3) is 4.31. The van der Waals surface area contributed by atoms with Crippen LogP contribution in [0, 0.1) is 0 Å². The Hall–Kier alpha value is -3.15. The van der Waals surface area contributed by atoms with E-state index in [1.165, 1.54) is 10.9 Å². The molecule has 4 rings (SSSR count). The Kier molecular flexibility index (Phi) is 5.09. The van der Waals surface area contributed by atoms with E-state index < -0.39 is 0 Å². The summed E-state index contributed by atoms with van der Waals surface area (Å²) in [6.07, 6.45) is 3.75. The van der Waals surface area contributed by atoms with Crippen LogP contribution in [0.1, 0.15) is 31.4 Å². The molecule has 2 heterocycles. The first-order valence-corrected chi connectivity index (χ1v) is 9.93. The van der Waals surface area contributed by atoms with E-state index in [2.05, 4.69) is 30.2 Å². The summed E-state index contributed by atoms with van der Waals surface area (Å²) < 4.78 is 7.52. The molecule has 1 N–H and O–H groups in total. The van der Waals surface area contributed by atoms with Gasteiger partial charge in [-0.3, -0.25) is 14.2 Å². The van der Waals surface area contributed by atoms with Crippen molar-refractivity contribution in [3.8, 4) is 5.75 Å². The van der Waals surface area contributed by atoms with Crippen LogP contribution in [-0.2, 0) is 24.2 Å². The molecule has 0 radical (unpaired) electrons. The Morgan fingerprint density at radius 1 is 1.24 bits per heavy atom. The molecular formula is C23H25N3O3. The Morgan fingerprint density at radius 3 is 2.93 bits per heavy atom. The summed E-state index contributed by atoms with van der Waals surface area (Å²) in [7, 11) is 0.